The van der Waals surface area contributed by atoms with Gasteiger partial charge in [0.15, 0.2) is 0 Å². The van der Waals surface area contributed by atoms with Gasteiger partial charge in [-0.25, -0.2) is 18.1 Å². The van der Waals surface area contributed by atoms with Crippen molar-refractivity contribution in [2.45, 2.75) is 0 Å². The lowest BCUT2D eigenvalue weighted by molar-refractivity contribution is 0.430. The molecule has 0 fully saturated rings. The number of H-pyrrole nitrogens is 1. The molecule has 26 heavy (non-hydrogen) atoms. The molecule has 0 amide bonds. The van der Waals surface area contributed by atoms with Crippen LogP contribution < -0.4 is 11.2 Å². The average Bonchev–Trinajstić information content (AvgIpc) is 2.59. The summed E-state index contributed by atoms with van der Waals surface area (Å²) >= 11 is 5.65. The minimum atomic E-state index is -0.902. The zero-order valence-corrected chi connectivity index (χ0v) is 13.7. The molecule has 0 spiro atoms. The average molecular weight is 378 g/mol. The fourth-order valence-electron chi connectivity index (χ4n) is 2.19. The van der Waals surface area contributed by atoms with E-state index < -0.39 is 28.8 Å². The molecule has 0 radical (unpaired) electrons. The molecule has 0 saturated carbocycles. The van der Waals surface area contributed by atoms with Gasteiger partial charge in [0.25, 0.3) is 5.56 Å². The standard InChI is InChI=1S/C17H10ClF2N3O3/c18-13-7-10(3-6-14(13)20)21-8-12-15(24)22-17(26)23(16(12)25)11-4-1-9(19)2-5-11/h1-8,25H,(H,22,24,26). The number of aromatic hydroxyl groups is 1. The summed E-state index contributed by atoms with van der Waals surface area (Å²) in [6.45, 7) is 0. The molecule has 9 heteroatoms. The van der Waals surface area contributed by atoms with Crippen molar-refractivity contribution in [3.05, 3.63) is 85.5 Å². The Bertz CT molecular complexity index is 1120. The van der Waals surface area contributed by atoms with Crippen LogP contribution in [0.4, 0.5) is 14.5 Å². The molecular formula is C17H10ClF2N3O3. The van der Waals surface area contributed by atoms with E-state index in [1.165, 1.54) is 24.3 Å². The summed E-state index contributed by atoms with van der Waals surface area (Å²) in [7, 11) is 0. The van der Waals surface area contributed by atoms with E-state index in [-0.39, 0.29) is 22.0 Å². The zero-order chi connectivity index (χ0) is 18.8. The van der Waals surface area contributed by atoms with Crippen LogP contribution in [0.5, 0.6) is 5.88 Å². The third-order valence-corrected chi connectivity index (χ3v) is 3.74. The molecule has 6 nitrogen and oxygen atoms in total. The van der Waals surface area contributed by atoms with Crippen LogP contribution in [0.1, 0.15) is 5.56 Å². The van der Waals surface area contributed by atoms with Crippen LogP contribution in [0.2, 0.25) is 5.02 Å². The third-order valence-electron chi connectivity index (χ3n) is 3.45. The summed E-state index contributed by atoms with van der Waals surface area (Å²) in [4.78, 5) is 30.0. The highest BCUT2D eigenvalue weighted by atomic mass is 35.5. The number of nitrogens with one attached hydrogen (secondary N) is 1. The first kappa shape index (κ1) is 17.6. The van der Waals surface area contributed by atoms with E-state index in [0.29, 0.717) is 0 Å². The van der Waals surface area contributed by atoms with Crippen LogP contribution in [-0.4, -0.2) is 20.9 Å². The Hall–Kier alpha value is -3.26. The molecule has 3 rings (SSSR count). The van der Waals surface area contributed by atoms with Crippen LogP contribution >= 0.6 is 11.6 Å². The molecule has 3 aromatic rings. The predicted molar refractivity (Wildman–Crippen MR) is 92.9 cm³/mol. The minimum Gasteiger partial charge on any atom is -0.493 e. The van der Waals surface area contributed by atoms with Crippen molar-refractivity contribution in [3.63, 3.8) is 0 Å². The van der Waals surface area contributed by atoms with E-state index in [1.807, 2.05) is 4.98 Å². The number of aliphatic imine (C=N–C) groups is 1. The monoisotopic (exact) mass is 377 g/mol. The van der Waals surface area contributed by atoms with Crippen molar-refractivity contribution in [2.75, 3.05) is 0 Å². The molecule has 0 unspecified atom stereocenters. The van der Waals surface area contributed by atoms with E-state index in [9.17, 15) is 23.5 Å². The number of hydrogen-bond donors (Lipinski definition) is 2. The van der Waals surface area contributed by atoms with Crippen molar-refractivity contribution in [1.82, 2.24) is 9.55 Å². The Morgan fingerprint density at radius 2 is 1.81 bits per heavy atom. The van der Waals surface area contributed by atoms with Gasteiger partial charge in [-0.15, -0.1) is 0 Å². The van der Waals surface area contributed by atoms with Gasteiger partial charge in [-0.05, 0) is 42.5 Å². The second-order valence-corrected chi connectivity index (χ2v) is 5.57. The van der Waals surface area contributed by atoms with Crippen LogP contribution in [0.15, 0.2) is 57.0 Å². The first-order chi connectivity index (χ1) is 12.4. The van der Waals surface area contributed by atoms with Gasteiger partial charge < -0.3 is 5.11 Å². The first-order valence-corrected chi connectivity index (χ1v) is 7.58. The van der Waals surface area contributed by atoms with Crippen LogP contribution in [0.25, 0.3) is 5.69 Å². The smallest absolute Gasteiger partial charge is 0.335 e. The molecule has 0 bridgehead atoms. The van der Waals surface area contributed by atoms with Gasteiger partial charge in [-0.1, -0.05) is 11.6 Å². The molecule has 2 aromatic carbocycles. The number of hydrogen-bond acceptors (Lipinski definition) is 4. The molecule has 132 valence electrons. The van der Waals surface area contributed by atoms with E-state index >= 15 is 0 Å². The summed E-state index contributed by atoms with van der Waals surface area (Å²) in [5.41, 5.74) is -1.71. The van der Waals surface area contributed by atoms with Crippen LogP contribution in [0.3, 0.4) is 0 Å². The second kappa shape index (κ2) is 6.93. The lowest BCUT2D eigenvalue weighted by atomic mass is 10.2. The highest BCUT2D eigenvalue weighted by Crippen LogP contribution is 2.22. The molecular weight excluding hydrogens is 368 g/mol. The fourth-order valence-corrected chi connectivity index (χ4v) is 2.36. The molecule has 0 aliphatic heterocycles. The summed E-state index contributed by atoms with van der Waals surface area (Å²) < 4.78 is 27.0. The SMILES string of the molecule is O=c1[nH]c(=O)n(-c2ccc(F)cc2)c(O)c1C=Nc1ccc(F)c(Cl)c1. The molecule has 1 heterocycles. The topological polar surface area (TPSA) is 87.5 Å². The third kappa shape index (κ3) is 3.40. The summed E-state index contributed by atoms with van der Waals surface area (Å²) in [5.74, 6) is -1.83. The number of aromatic nitrogens is 2. The fraction of sp³-hybridized carbons (Fsp3) is 0. The van der Waals surface area contributed by atoms with Crippen LogP contribution in [-0.2, 0) is 0 Å². The zero-order valence-electron chi connectivity index (χ0n) is 12.9. The number of nitrogens with zero attached hydrogens (tertiary/aromatic N) is 2. The van der Waals surface area contributed by atoms with E-state index in [4.69, 9.17) is 11.6 Å². The van der Waals surface area contributed by atoms with Gasteiger partial charge in [-0.2, -0.15) is 0 Å². The maximum absolute atomic E-state index is 13.2. The van der Waals surface area contributed by atoms with Gasteiger partial charge in [0.1, 0.15) is 17.2 Å². The van der Waals surface area contributed by atoms with Gasteiger partial charge in [0.05, 0.1) is 16.4 Å². The number of rotatable bonds is 3. The Kier molecular flexibility index (Phi) is 4.68. The van der Waals surface area contributed by atoms with E-state index in [2.05, 4.69) is 4.99 Å². The van der Waals surface area contributed by atoms with Crippen molar-refractivity contribution < 1.29 is 13.9 Å². The van der Waals surface area contributed by atoms with Crippen molar-refractivity contribution in [1.29, 1.82) is 0 Å². The van der Waals surface area contributed by atoms with E-state index in [1.54, 1.807) is 0 Å². The predicted octanol–water partition coefficient (Wildman–Crippen LogP) is 2.91. The van der Waals surface area contributed by atoms with Gasteiger partial charge in [-0.3, -0.25) is 14.8 Å². The second-order valence-electron chi connectivity index (χ2n) is 5.16. The van der Waals surface area contributed by atoms with Crippen molar-refractivity contribution >= 4 is 23.5 Å². The van der Waals surface area contributed by atoms with Crippen molar-refractivity contribution in [2.24, 2.45) is 4.99 Å². The molecule has 0 saturated heterocycles. The van der Waals surface area contributed by atoms with Gasteiger partial charge >= 0.3 is 5.69 Å². The minimum absolute atomic E-state index is 0.143. The normalized spacial score (nSPS) is 11.2. The first-order valence-electron chi connectivity index (χ1n) is 7.20. The number of benzene rings is 2. The Morgan fingerprint density at radius 1 is 1.12 bits per heavy atom. The van der Waals surface area contributed by atoms with Crippen LogP contribution in [0, 0.1) is 11.6 Å². The van der Waals surface area contributed by atoms with Crippen molar-refractivity contribution in [3.8, 4) is 11.6 Å². The number of halogens is 3. The summed E-state index contributed by atoms with van der Waals surface area (Å²) in [6, 6.07) is 8.36. The Labute approximate surface area is 149 Å². The highest BCUT2D eigenvalue weighted by Gasteiger charge is 2.14. The maximum Gasteiger partial charge on any atom is 0.335 e. The molecule has 0 atom stereocenters. The Balaban J connectivity index is 2.10. The molecule has 1 aromatic heterocycles. The summed E-state index contributed by atoms with van der Waals surface area (Å²) in [5, 5.41) is 10.2. The Morgan fingerprint density at radius 3 is 2.46 bits per heavy atom. The van der Waals surface area contributed by atoms with E-state index in [0.717, 1.165) is 29.0 Å². The van der Waals surface area contributed by atoms with Gasteiger partial charge in [0.2, 0.25) is 5.88 Å². The highest BCUT2D eigenvalue weighted by molar-refractivity contribution is 6.31. The largest absolute Gasteiger partial charge is 0.493 e. The molecule has 0 aliphatic rings. The lowest BCUT2D eigenvalue weighted by Crippen LogP contribution is -2.31. The van der Waals surface area contributed by atoms with Gasteiger partial charge in [0, 0.05) is 6.21 Å². The quantitative estimate of drug-likeness (QED) is 0.688. The lowest BCUT2D eigenvalue weighted by Gasteiger charge is -2.09. The molecule has 0 aliphatic carbocycles. The number of aromatic amines is 1. The maximum atomic E-state index is 13.2. The molecule has 2 N–H and O–H groups in total. The summed E-state index contributed by atoms with van der Waals surface area (Å²) in [6.07, 6.45) is 1.01.